The molecule has 2 aromatic rings. The Bertz CT molecular complexity index is 605. The van der Waals surface area contributed by atoms with Crippen molar-refractivity contribution < 1.29 is 9.90 Å². The van der Waals surface area contributed by atoms with Crippen molar-refractivity contribution in [3.05, 3.63) is 64.7 Å². The first-order chi connectivity index (χ1) is 9.06. The lowest BCUT2D eigenvalue weighted by molar-refractivity contribution is 0.0697. The predicted molar refractivity (Wildman–Crippen MR) is 78.9 cm³/mol. The molecule has 0 bridgehead atoms. The zero-order valence-electron chi connectivity index (χ0n) is 11.0. The van der Waals surface area contributed by atoms with Crippen molar-refractivity contribution in [3.8, 4) is 0 Å². The quantitative estimate of drug-likeness (QED) is 0.843. The SMILES string of the molecule is Cc1ccc(SCc2cccc(C(=O)O)c2)cc1C. The van der Waals surface area contributed by atoms with Gasteiger partial charge in [-0.3, -0.25) is 0 Å². The van der Waals surface area contributed by atoms with Gasteiger partial charge in [0.1, 0.15) is 0 Å². The smallest absolute Gasteiger partial charge is 0.335 e. The number of aryl methyl sites for hydroxylation is 2. The van der Waals surface area contributed by atoms with Gasteiger partial charge in [-0.1, -0.05) is 18.2 Å². The van der Waals surface area contributed by atoms with Crippen LogP contribution in [-0.2, 0) is 5.75 Å². The van der Waals surface area contributed by atoms with E-state index in [4.69, 9.17) is 5.11 Å². The molecule has 0 aliphatic rings. The van der Waals surface area contributed by atoms with Gasteiger partial charge >= 0.3 is 5.97 Å². The van der Waals surface area contributed by atoms with Crippen molar-refractivity contribution in [1.82, 2.24) is 0 Å². The molecule has 0 amide bonds. The fraction of sp³-hybridized carbons (Fsp3) is 0.188. The molecule has 0 saturated carbocycles. The molecule has 0 atom stereocenters. The molecule has 0 saturated heterocycles. The fourth-order valence-corrected chi connectivity index (χ4v) is 2.70. The van der Waals surface area contributed by atoms with E-state index in [9.17, 15) is 4.79 Å². The zero-order chi connectivity index (χ0) is 13.8. The maximum absolute atomic E-state index is 10.9. The summed E-state index contributed by atoms with van der Waals surface area (Å²) >= 11 is 1.72. The summed E-state index contributed by atoms with van der Waals surface area (Å²) in [6.07, 6.45) is 0. The minimum Gasteiger partial charge on any atom is -0.478 e. The monoisotopic (exact) mass is 272 g/mol. The van der Waals surface area contributed by atoms with Gasteiger partial charge in [0.2, 0.25) is 0 Å². The third kappa shape index (κ3) is 3.61. The van der Waals surface area contributed by atoms with Gasteiger partial charge in [0.25, 0.3) is 0 Å². The Morgan fingerprint density at radius 1 is 1.11 bits per heavy atom. The standard InChI is InChI=1S/C16H16O2S/c1-11-6-7-15(8-12(11)2)19-10-13-4-3-5-14(9-13)16(17)18/h3-9H,10H2,1-2H3,(H,17,18). The molecule has 0 unspecified atom stereocenters. The van der Waals surface area contributed by atoms with Crippen LogP contribution in [-0.4, -0.2) is 11.1 Å². The van der Waals surface area contributed by atoms with Crippen LogP contribution in [0, 0.1) is 13.8 Å². The molecule has 98 valence electrons. The molecule has 3 heteroatoms. The third-order valence-corrected chi connectivity index (χ3v) is 4.12. The molecule has 2 nitrogen and oxygen atoms in total. The number of carbonyl (C=O) groups is 1. The second-order valence-corrected chi connectivity index (χ2v) is 5.59. The molecule has 0 heterocycles. The van der Waals surface area contributed by atoms with Crippen molar-refractivity contribution in [3.63, 3.8) is 0 Å². The Balaban J connectivity index is 2.07. The summed E-state index contributed by atoms with van der Waals surface area (Å²) in [7, 11) is 0. The van der Waals surface area contributed by atoms with Crippen LogP contribution in [0.5, 0.6) is 0 Å². The van der Waals surface area contributed by atoms with Crippen molar-refractivity contribution in [1.29, 1.82) is 0 Å². The van der Waals surface area contributed by atoms with Crippen LogP contribution in [0.25, 0.3) is 0 Å². The van der Waals surface area contributed by atoms with Gasteiger partial charge in [-0.2, -0.15) is 0 Å². The van der Waals surface area contributed by atoms with Crippen LogP contribution in [0.3, 0.4) is 0 Å². The summed E-state index contributed by atoms with van der Waals surface area (Å²) in [6, 6.07) is 13.5. The maximum atomic E-state index is 10.9. The Hall–Kier alpha value is -1.74. The number of aromatic carboxylic acids is 1. The van der Waals surface area contributed by atoms with Gasteiger partial charge < -0.3 is 5.11 Å². The molecule has 0 aliphatic heterocycles. The van der Waals surface area contributed by atoms with Crippen LogP contribution in [0.2, 0.25) is 0 Å². The van der Waals surface area contributed by atoms with Crippen LogP contribution in [0.15, 0.2) is 47.4 Å². The second-order valence-electron chi connectivity index (χ2n) is 4.54. The second kappa shape index (κ2) is 5.93. The van der Waals surface area contributed by atoms with Crippen LogP contribution in [0.1, 0.15) is 27.0 Å². The maximum Gasteiger partial charge on any atom is 0.335 e. The summed E-state index contributed by atoms with van der Waals surface area (Å²) in [5.74, 6) is -0.0955. The lowest BCUT2D eigenvalue weighted by Gasteiger charge is -2.06. The van der Waals surface area contributed by atoms with E-state index >= 15 is 0 Å². The lowest BCUT2D eigenvalue weighted by Crippen LogP contribution is -1.96. The van der Waals surface area contributed by atoms with Crippen LogP contribution >= 0.6 is 11.8 Å². The van der Waals surface area contributed by atoms with Gasteiger partial charge in [-0.05, 0) is 54.8 Å². The summed E-state index contributed by atoms with van der Waals surface area (Å²) in [5, 5.41) is 8.95. The first-order valence-electron chi connectivity index (χ1n) is 6.08. The van der Waals surface area contributed by atoms with E-state index in [0.29, 0.717) is 5.56 Å². The molecule has 2 aromatic carbocycles. The van der Waals surface area contributed by atoms with Crippen molar-refractivity contribution >= 4 is 17.7 Å². The topological polar surface area (TPSA) is 37.3 Å². The van der Waals surface area contributed by atoms with Crippen LogP contribution < -0.4 is 0 Å². The highest BCUT2D eigenvalue weighted by molar-refractivity contribution is 7.98. The van der Waals surface area contributed by atoms with Crippen molar-refractivity contribution in [2.24, 2.45) is 0 Å². The molecule has 0 fully saturated rings. The van der Waals surface area contributed by atoms with Gasteiger partial charge in [-0.25, -0.2) is 4.79 Å². The zero-order valence-corrected chi connectivity index (χ0v) is 11.8. The fourth-order valence-electron chi connectivity index (χ4n) is 1.76. The summed E-state index contributed by atoms with van der Waals surface area (Å²) in [4.78, 5) is 12.1. The van der Waals surface area contributed by atoms with Gasteiger partial charge in [0.05, 0.1) is 5.56 Å². The van der Waals surface area contributed by atoms with Crippen molar-refractivity contribution in [2.75, 3.05) is 0 Å². The molecule has 0 aliphatic carbocycles. The number of rotatable bonds is 4. The summed E-state index contributed by atoms with van der Waals surface area (Å²) in [5.41, 5.74) is 3.95. The molecule has 0 radical (unpaired) electrons. The summed E-state index contributed by atoms with van der Waals surface area (Å²) < 4.78 is 0. The lowest BCUT2D eigenvalue weighted by atomic mass is 10.1. The van der Waals surface area contributed by atoms with E-state index < -0.39 is 5.97 Å². The Labute approximate surface area is 117 Å². The minimum absolute atomic E-state index is 0.346. The predicted octanol–water partition coefficient (Wildman–Crippen LogP) is 4.29. The number of hydrogen-bond donors (Lipinski definition) is 1. The van der Waals surface area contributed by atoms with Crippen LogP contribution in [0.4, 0.5) is 0 Å². The van der Waals surface area contributed by atoms with E-state index in [1.807, 2.05) is 6.07 Å². The third-order valence-electron chi connectivity index (χ3n) is 3.06. The number of carboxylic acid groups (broad SMARTS) is 1. The highest BCUT2D eigenvalue weighted by Crippen LogP contribution is 2.25. The number of hydrogen-bond acceptors (Lipinski definition) is 2. The highest BCUT2D eigenvalue weighted by atomic mass is 32.2. The molecule has 2 rings (SSSR count). The number of thioether (sulfide) groups is 1. The van der Waals surface area contributed by atoms with E-state index in [1.54, 1.807) is 30.0 Å². The molecule has 19 heavy (non-hydrogen) atoms. The average molecular weight is 272 g/mol. The Kier molecular flexibility index (Phi) is 4.27. The van der Waals surface area contributed by atoms with Gasteiger partial charge in [-0.15, -0.1) is 11.8 Å². The number of carboxylic acids is 1. The first kappa shape index (κ1) is 13.7. The molecular formula is C16H16O2S. The average Bonchev–Trinajstić information content (AvgIpc) is 2.40. The molecule has 0 aromatic heterocycles. The first-order valence-corrected chi connectivity index (χ1v) is 7.07. The summed E-state index contributed by atoms with van der Waals surface area (Å²) in [6.45, 7) is 4.20. The van der Waals surface area contributed by atoms with E-state index in [0.717, 1.165) is 11.3 Å². The van der Waals surface area contributed by atoms with Gasteiger partial charge in [0.15, 0.2) is 0 Å². The van der Waals surface area contributed by atoms with Crippen molar-refractivity contribution in [2.45, 2.75) is 24.5 Å². The highest BCUT2D eigenvalue weighted by Gasteiger charge is 2.04. The largest absolute Gasteiger partial charge is 0.478 e. The molecular weight excluding hydrogens is 256 g/mol. The molecule has 0 spiro atoms. The number of benzene rings is 2. The molecule has 1 N–H and O–H groups in total. The Morgan fingerprint density at radius 2 is 1.89 bits per heavy atom. The normalized spacial score (nSPS) is 10.4. The van der Waals surface area contributed by atoms with E-state index in [1.165, 1.54) is 16.0 Å². The van der Waals surface area contributed by atoms with E-state index in [-0.39, 0.29) is 0 Å². The van der Waals surface area contributed by atoms with E-state index in [2.05, 4.69) is 32.0 Å². The van der Waals surface area contributed by atoms with Gasteiger partial charge in [0, 0.05) is 10.6 Å². The minimum atomic E-state index is -0.877. The Morgan fingerprint density at radius 3 is 2.58 bits per heavy atom.